The van der Waals surface area contributed by atoms with Crippen LogP contribution in [0.1, 0.15) is 51.5 Å². The molecule has 0 aliphatic carbocycles. The minimum atomic E-state index is -0.652. The lowest BCUT2D eigenvalue weighted by atomic mass is 9.96. The average Bonchev–Trinajstić information content (AvgIpc) is 3.39. The van der Waals surface area contributed by atoms with Gasteiger partial charge in [0.15, 0.2) is 5.82 Å². The van der Waals surface area contributed by atoms with Gasteiger partial charge >= 0.3 is 6.01 Å². The monoisotopic (exact) mass is 624 g/mol. The number of halogens is 2. The van der Waals surface area contributed by atoms with E-state index in [0.29, 0.717) is 46.7 Å². The van der Waals surface area contributed by atoms with Crippen LogP contribution in [0.4, 0.5) is 14.6 Å². The number of piperazine rings is 1. The topological polar surface area (TPSA) is 75.6 Å². The highest BCUT2D eigenvalue weighted by Crippen LogP contribution is 2.45. The van der Waals surface area contributed by atoms with Gasteiger partial charge in [-0.2, -0.15) is 9.97 Å². The van der Waals surface area contributed by atoms with Crippen molar-refractivity contribution in [1.29, 1.82) is 0 Å². The Morgan fingerprint density at radius 1 is 1.09 bits per heavy atom. The molecule has 5 atom stereocenters. The van der Waals surface area contributed by atoms with Crippen molar-refractivity contribution in [3.8, 4) is 35.5 Å². The highest BCUT2D eigenvalue weighted by molar-refractivity contribution is 6.03. The molecule has 4 aromatic rings. The van der Waals surface area contributed by atoms with Crippen molar-refractivity contribution in [3.63, 3.8) is 0 Å². The second kappa shape index (κ2) is 11.6. The molecule has 0 saturated carbocycles. The van der Waals surface area contributed by atoms with Gasteiger partial charge in [-0.15, -0.1) is 6.42 Å². The zero-order valence-electron chi connectivity index (χ0n) is 26.2. The standard InChI is InChI=1S/C36H38F2N6O2/c1-4-24-26(37)13-11-22-9-8-10-25(28(22)24)31-30(38)32-29-34(42-36(41-32)45-19-20(2)17-43-15-6-5-7-16-43)44-18-23-12-14-27(39-23)33(44)21(3)46-35(29)40-31/h1,8-11,13,20-21,23,27,33,39H,5-7,12,14-19H2,2-3H3/t20-,21+,23-,27+,33-/m1/s1. The van der Waals surface area contributed by atoms with Crippen molar-refractivity contribution in [2.45, 2.75) is 70.2 Å². The van der Waals surface area contributed by atoms with Crippen LogP contribution in [0.15, 0.2) is 30.3 Å². The molecule has 0 radical (unpaired) electrons. The Kier molecular flexibility index (Phi) is 7.41. The number of hydrogen-bond acceptors (Lipinski definition) is 8. The number of nitrogens with one attached hydrogen (secondary N) is 1. The molecule has 2 aromatic carbocycles. The summed E-state index contributed by atoms with van der Waals surface area (Å²) in [5, 5.41) is 5.26. The van der Waals surface area contributed by atoms with Crippen molar-refractivity contribution in [2.24, 2.45) is 5.92 Å². The molecule has 8 rings (SSSR count). The summed E-state index contributed by atoms with van der Waals surface area (Å²) in [4.78, 5) is 19.2. The molecule has 4 aliphatic heterocycles. The third-order valence-electron chi connectivity index (χ3n) is 10.1. The number of fused-ring (bicyclic) bond motifs is 6. The molecule has 2 aromatic heterocycles. The Hall–Kier alpha value is -4.07. The summed E-state index contributed by atoms with van der Waals surface area (Å²) in [5.74, 6) is 2.33. The van der Waals surface area contributed by atoms with Crippen LogP contribution in [-0.2, 0) is 0 Å². The largest absolute Gasteiger partial charge is 0.472 e. The van der Waals surface area contributed by atoms with Gasteiger partial charge in [-0.3, -0.25) is 0 Å². The van der Waals surface area contributed by atoms with E-state index in [4.69, 9.17) is 25.9 Å². The molecule has 46 heavy (non-hydrogen) atoms. The first-order valence-corrected chi connectivity index (χ1v) is 16.5. The minimum Gasteiger partial charge on any atom is -0.472 e. The maximum atomic E-state index is 17.0. The molecule has 0 amide bonds. The zero-order valence-corrected chi connectivity index (χ0v) is 26.2. The fourth-order valence-corrected chi connectivity index (χ4v) is 8.08. The molecule has 3 saturated heterocycles. The van der Waals surface area contributed by atoms with Crippen LogP contribution in [0.3, 0.4) is 0 Å². The molecular formula is C36H38F2N6O2. The van der Waals surface area contributed by atoms with Gasteiger partial charge in [-0.25, -0.2) is 13.8 Å². The Morgan fingerprint density at radius 2 is 1.93 bits per heavy atom. The maximum Gasteiger partial charge on any atom is 0.319 e. The number of anilines is 1. The van der Waals surface area contributed by atoms with E-state index in [1.165, 1.54) is 25.3 Å². The van der Waals surface area contributed by atoms with Gasteiger partial charge in [0.1, 0.15) is 34.3 Å². The maximum absolute atomic E-state index is 17.0. The van der Waals surface area contributed by atoms with Crippen molar-refractivity contribution in [2.75, 3.05) is 37.7 Å². The first kappa shape index (κ1) is 29.3. The second-order valence-corrected chi connectivity index (χ2v) is 13.4. The van der Waals surface area contributed by atoms with E-state index in [2.05, 4.69) is 32.9 Å². The van der Waals surface area contributed by atoms with Crippen LogP contribution >= 0.6 is 0 Å². The third kappa shape index (κ3) is 4.92. The summed E-state index contributed by atoms with van der Waals surface area (Å²) < 4.78 is 44.8. The number of hydrogen-bond donors (Lipinski definition) is 1. The molecule has 0 unspecified atom stereocenters. The number of piperidine rings is 1. The van der Waals surface area contributed by atoms with Crippen molar-refractivity contribution >= 4 is 27.5 Å². The molecule has 0 spiro atoms. The molecule has 1 N–H and O–H groups in total. The Morgan fingerprint density at radius 3 is 2.76 bits per heavy atom. The predicted octanol–water partition coefficient (Wildman–Crippen LogP) is 5.70. The van der Waals surface area contributed by atoms with Crippen molar-refractivity contribution < 1.29 is 18.3 Å². The van der Waals surface area contributed by atoms with Crippen molar-refractivity contribution in [1.82, 2.24) is 25.2 Å². The number of pyridine rings is 1. The van der Waals surface area contributed by atoms with E-state index in [1.807, 2.05) is 13.0 Å². The number of likely N-dealkylation sites (tertiary alicyclic amines) is 1. The van der Waals surface area contributed by atoms with Gasteiger partial charge in [0.25, 0.3) is 0 Å². The Labute approximate surface area is 267 Å². The molecule has 6 heterocycles. The summed E-state index contributed by atoms with van der Waals surface area (Å²) in [6.07, 6.45) is 11.3. The van der Waals surface area contributed by atoms with Gasteiger partial charge in [-0.1, -0.05) is 43.5 Å². The summed E-state index contributed by atoms with van der Waals surface area (Å²) in [6, 6.07) is 8.88. The second-order valence-electron chi connectivity index (χ2n) is 13.4. The number of ether oxygens (including phenoxy) is 2. The fraction of sp³-hybridized carbons (Fsp3) is 0.472. The summed E-state index contributed by atoms with van der Waals surface area (Å²) in [5.41, 5.74) is 0.496. The number of benzene rings is 2. The molecule has 4 aliphatic rings. The fourth-order valence-electron chi connectivity index (χ4n) is 8.08. The minimum absolute atomic E-state index is 0.00372. The number of aromatic nitrogens is 3. The van der Waals surface area contributed by atoms with Crippen LogP contribution < -0.4 is 19.7 Å². The van der Waals surface area contributed by atoms with Crippen molar-refractivity contribution in [3.05, 3.63) is 47.5 Å². The van der Waals surface area contributed by atoms with Crippen LogP contribution in [0.5, 0.6) is 11.9 Å². The number of terminal acetylenes is 1. The molecule has 3 fully saturated rings. The van der Waals surface area contributed by atoms with Crippen LogP contribution in [0.25, 0.3) is 32.9 Å². The lowest BCUT2D eigenvalue weighted by Gasteiger charge is -2.42. The van der Waals surface area contributed by atoms with Crippen LogP contribution in [0.2, 0.25) is 0 Å². The van der Waals surface area contributed by atoms with Gasteiger partial charge < -0.3 is 24.6 Å². The van der Waals surface area contributed by atoms with E-state index in [1.54, 1.807) is 18.2 Å². The Bertz CT molecular complexity index is 1870. The first-order valence-electron chi connectivity index (χ1n) is 16.5. The number of nitrogens with zero attached hydrogens (tertiary/aromatic N) is 5. The summed E-state index contributed by atoms with van der Waals surface area (Å²) in [6.45, 7) is 8.44. The van der Waals surface area contributed by atoms with E-state index < -0.39 is 11.6 Å². The summed E-state index contributed by atoms with van der Waals surface area (Å²) >= 11 is 0. The van der Waals surface area contributed by atoms with E-state index in [9.17, 15) is 4.39 Å². The molecule has 8 nitrogen and oxygen atoms in total. The van der Waals surface area contributed by atoms with E-state index in [-0.39, 0.29) is 52.8 Å². The third-order valence-corrected chi connectivity index (χ3v) is 10.1. The smallest absolute Gasteiger partial charge is 0.319 e. The van der Waals surface area contributed by atoms with E-state index in [0.717, 1.165) is 32.5 Å². The van der Waals surface area contributed by atoms with Gasteiger partial charge in [0, 0.05) is 42.0 Å². The molecule has 2 bridgehead atoms. The number of rotatable bonds is 6. The van der Waals surface area contributed by atoms with E-state index >= 15 is 4.39 Å². The average molecular weight is 625 g/mol. The normalized spacial score (nSPS) is 24.7. The van der Waals surface area contributed by atoms with Gasteiger partial charge in [-0.05, 0) is 57.1 Å². The summed E-state index contributed by atoms with van der Waals surface area (Å²) in [7, 11) is 0. The highest BCUT2D eigenvalue weighted by atomic mass is 19.1. The highest BCUT2D eigenvalue weighted by Gasteiger charge is 2.47. The zero-order chi connectivity index (χ0) is 31.5. The lowest BCUT2D eigenvalue weighted by Crippen LogP contribution is -2.62. The quantitative estimate of drug-likeness (QED) is 0.274. The molecule has 238 valence electrons. The van der Waals surface area contributed by atoms with Crippen LogP contribution in [-0.4, -0.2) is 76.9 Å². The Balaban J connectivity index is 1.28. The van der Waals surface area contributed by atoms with Gasteiger partial charge in [0.2, 0.25) is 5.88 Å². The SMILES string of the molecule is C#Cc1c(F)ccc2cccc(-c3nc4c5c(nc(OC[C@H](C)CN6CCCCC6)nc5c3F)N3C[C@H]5CC[C@H](N5)[C@H]3[C@H](C)O4)c12. The molecule has 10 heteroatoms. The lowest BCUT2D eigenvalue weighted by molar-refractivity contribution is 0.154. The first-order chi connectivity index (χ1) is 22.4. The predicted molar refractivity (Wildman–Crippen MR) is 174 cm³/mol. The van der Waals surface area contributed by atoms with Gasteiger partial charge in [0.05, 0.1) is 18.2 Å². The van der Waals surface area contributed by atoms with Crippen LogP contribution in [0, 0.1) is 29.9 Å². The molecular weight excluding hydrogens is 586 g/mol.